The summed E-state index contributed by atoms with van der Waals surface area (Å²) in [5, 5.41) is 0. The van der Waals surface area contributed by atoms with Gasteiger partial charge in [-0.3, -0.25) is 0 Å². The van der Waals surface area contributed by atoms with Crippen molar-refractivity contribution < 1.29 is 0 Å². The number of rotatable bonds is 17. The number of hydrogen-bond acceptors (Lipinski definition) is 1. The highest BCUT2D eigenvalue weighted by atomic mass is 15.1. The third-order valence-electron chi connectivity index (χ3n) is 4.96. The highest BCUT2D eigenvalue weighted by Gasteiger charge is 2.02. The number of unbranched alkanes of at least 4 members (excludes halogenated alkanes) is 8. The summed E-state index contributed by atoms with van der Waals surface area (Å²) in [6.45, 7) is 15.6. The lowest BCUT2D eigenvalue weighted by molar-refractivity contribution is 0.273. The Bertz CT molecular complexity index is 200. The molecule has 0 aliphatic rings. The Morgan fingerprint density at radius 1 is 0.522 bits per heavy atom. The van der Waals surface area contributed by atoms with Crippen LogP contribution in [0.3, 0.4) is 0 Å². The largest absolute Gasteiger partial charge is 0.304 e. The Hall–Kier alpha value is -0.0400. The van der Waals surface area contributed by atoms with Crippen LogP contribution in [0.1, 0.15) is 112 Å². The van der Waals surface area contributed by atoms with Crippen molar-refractivity contribution in [2.75, 3.05) is 19.6 Å². The summed E-state index contributed by atoms with van der Waals surface area (Å²) in [5.41, 5.74) is 0. The first kappa shape index (κ1) is 23.0. The molecular weight excluding hydrogens is 278 g/mol. The maximum atomic E-state index is 2.67. The van der Waals surface area contributed by atoms with Gasteiger partial charge in [0.25, 0.3) is 0 Å². The summed E-state index contributed by atoms with van der Waals surface area (Å²) in [6, 6.07) is 0. The quantitative estimate of drug-likeness (QED) is 0.253. The van der Waals surface area contributed by atoms with Crippen molar-refractivity contribution in [3.05, 3.63) is 0 Å². The van der Waals surface area contributed by atoms with Crippen LogP contribution >= 0.6 is 0 Å². The number of hydrogen-bond donors (Lipinski definition) is 0. The van der Waals surface area contributed by atoms with E-state index in [0.29, 0.717) is 0 Å². The minimum absolute atomic E-state index is 0.885. The van der Waals surface area contributed by atoms with Crippen LogP contribution in [0.25, 0.3) is 0 Å². The molecule has 0 rings (SSSR count). The van der Waals surface area contributed by atoms with Crippen LogP contribution in [0.4, 0.5) is 0 Å². The average molecular weight is 326 g/mol. The Labute approximate surface area is 148 Å². The molecule has 0 aliphatic heterocycles. The van der Waals surface area contributed by atoms with E-state index in [4.69, 9.17) is 0 Å². The van der Waals surface area contributed by atoms with Crippen LogP contribution in [-0.2, 0) is 0 Å². The lowest BCUT2D eigenvalue weighted by Gasteiger charge is -2.20. The lowest BCUT2D eigenvalue weighted by Crippen LogP contribution is -2.25. The molecule has 0 heterocycles. The second-order valence-electron chi connectivity index (χ2n) is 8.33. The fraction of sp³-hybridized carbons (Fsp3) is 1.00. The van der Waals surface area contributed by atoms with Gasteiger partial charge in [-0.1, -0.05) is 98.8 Å². The smallest absolute Gasteiger partial charge is 0.00189 e. The van der Waals surface area contributed by atoms with E-state index in [1.807, 2.05) is 0 Å². The first-order valence-electron chi connectivity index (χ1n) is 10.8. The zero-order valence-corrected chi connectivity index (χ0v) is 17.2. The van der Waals surface area contributed by atoms with Crippen molar-refractivity contribution in [3.63, 3.8) is 0 Å². The van der Waals surface area contributed by atoms with Crippen molar-refractivity contribution in [2.45, 2.75) is 112 Å². The molecule has 0 aromatic carbocycles. The third-order valence-corrected chi connectivity index (χ3v) is 4.96. The summed E-state index contributed by atoms with van der Waals surface area (Å²) in [4.78, 5) is 2.67. The lowest BCUT2D eigenvalue weighted by atomic mass is 10.0. The Morgan fingerprint density at radius 3 is 1.22 bits per heavy atom. The molecule has 1 nitrogen and oxygen atoms in total. The second kappa shape index (κ2) is 16.8. The molecular formula is C22H47N. The monoisotopic (exact) mass is 325 g/mol. The van der Waals surface area contributed by atoms with Gasteiger partial charge in [-0.2, -0.15) is 0 Å². The van der Waals surface area contributed by atoms with Gasteiger partial charge < -0.3 is 4.90 Å². The number of nitrogens with zero attached hydrogens (tertiary/aromatic N) is 1. The minimum atomic E-state index is 0.885. The topological polar surface area (TPSA) is 3.24 Å². The second-order valence-corrected chi connectivity index (χ2v) is 8.33. The van der Waals surface area contributed by atoms with E-state index in [0.717, 1.165) is 11.8 Å². The SMILES string of the molecule is CCN(CCCCCCCC(C)C)CCCCCCCC(C)C. The van der Waals surface area contributed by atoms with E-state index in [-0.39, 0.29) is 0 Å². The average Bonchev–Trinajstić information content (AvgIpc) is 2.50. The van der Waals surface area contributed by atoms with Gasteiger partial charge in [0.15, 0.2) is 0 Å². The molecule has 0 aliphatic carbocycles. The Balaban J connectivity index is 3.35. The van der Waals surface area contributed by atoms with Crippen LogP contribution in [0.2, 0.25) is 0 Å². The molecule has 0 radical (unpaired) electrons. The summed E-state index contributed by atoms with van der Waals surface area (Å²) >= 11 is 0. The maximum Gasteiger partial charge on any atom is -0.00189 e. The summed E-state index contributed by atoms with van der Waals surface area (Å²) in [6.07, 6.45) is 17.2. The van der Waals surface area contributed by atoms with Crippen molar-refractivity contribution in [1.29, 1.82) is 0 Å². The summed E-state index contributed by atoms with van der Waals surface area (Å²) < 4.78 is 0. The van der Waals surface area contributed by atoms with E-state index >= 15 is 0 Å². The van der Waals surface area contributed by atoms with Crippen molar-refractivity contribution in [2.24, 2.45) is 11.8 Å². The van der Waals surface area contributed by atoms with Gasteiger partial charge in [-0.05, 0) is 44.3 Å². The van der Waals surface area contributed by atoms with E-state index in [1.165, 1.54) is 96.7 Å². The van der Waals surface area contributed by atoms with Gasteiger partial charge in [0.2, 0.25) is 0 Å². The van der Waals surface area contributed by atoms with Gasteiger partial charge in [-0.15, -0.1) is 0 Å². The fourth-order valence-electron chi connectivity index (χ4n) is 3.26. The molecule has 0 unspecified atom stereocenters. The van der Waals surface area contributed by atoms with Crippen LogP contribution in [0, 0.1) is 11.8 Å². The van der Waals surface area contributed by atoms with Crippen molar-refractivity contribution in [1.82, 2.24) is 4.90 Å². The van der Waals surface area contributed by atoms with E-state index in [2.05, 4.69) is 39.5 Å². The van der Waals surface area contributed by atoms with Gasteiger partial charge in [0, 0.05) is 0 Å². The molecule has 0 amide bonds. The standard InChI is InChI=1S/C22H47N/c1-6-23(19-15-11-7-9-13-17-21(2)3)20-16-12-8-10-14-18-22(4)5/h21-22H,6-20H2,1-5H3. The molecule has 0 fully saturated rings. The Morgan fingerprint density at radius 2 is 0.870 bits per heavy atom. The first-order valence-corrected chi connectivity index (χ1v) is 10.8. The fourth-order valence-corrected chi connectivity index (χ4v) is 3.26. The van der Waals surface area contributed by atoms with Gasteiger partial charge in [0.1, 0.15) is 0 Å². The Kier molecular flexibility index (Phi) is 16.8. The van der Waals surface area contributed by atoms with Crippen LogP contribution < -0.4 is 0 Å². The molecule has 0 atom stereocenters. The van der Waals surface area contributed by atoms with E-state index in [9.17, 15) is 0 Å². The van der Waals surface area contributed by atoms with E-state index in [1.54, 1.807) is 0 Å². The molecule has 140 valence electrons. The van der Waals surface area contributed by atoms with Gasteiger partial charge in [0.05, 0.1) is 0 Å². The predicted molar refractivity (Wildman–Crippen MR) is 107 cm³/mol. The maximum absolute atomic E-state index is 2.67. The summed E-state index contributed by atoms with van der Waals surface area (Å²) in [5.74, 6) is 1.77. The highest BCUT2D eigenvalue weighted by Crippen LogP contribution is 2.12. The summed E-state index contributed by atoms with van der Waals surface area (Å²) in [7, 11) is 0. The zero-order valence-electron chi connectivity index (χ0n) is 17.2. The molecule has 0 spiro atoms. The third kappa shape index (κ3) is 18.1. The van der Waals surface area contributed by atoms with Crippen molar-refractivity contribution >= 4 is 0 Å². The van der Waals surface area contributed by atoms with Gasteiger partial charge in [-0.25, -0.2) is 0 Å². The zero-order chi connectivity index (χ0) is 17.3. The van der Waals surface area contributed by atoms with Crippen molar-refractivity contribution in [3.8, 4) is 0 Å². The minimum Gasteiger partial charge on any atom is -0.304 e. The molecule has 0 N–H and O–H groups in total. The van der Waals surface area contributed by atoms with Gasteiger partial charge >= 0.3 is 0 Å². The molecule has 0 bridgehead atoms. The molecule has 0 saturated carbocycles. The molecule has 0 aromatic rings. The molecule has 1 heteroatoms. The molecule has 23 heavy (non-hydrogen) atoms. The molecule has 0 aromatic heterocycles. The van der Waals surface area contributed by atoms with Crippen LogP contribution in [-0.4, -0.2) is 24.5 Å². The molecule has 0 saturated heterocycles. The van der Waals surface area contributed by atoms with Crippen LogP contribution in [0.15, 0.2) is 0 Å². The predicted octanol–water partition coefficient (Wildman–Crippen LogP) is 7.30. The van der Waals surface area contributed by atoms with Crippen LogP contribution in [0.5, 0.6) is 0 Å². The first-order chi connectivity index (χ1) is 11.1. The van der Waals surface area contributed by atoms with E-state index < -0.39 is 0 Å². The highest BCUT2D eigenvalue weighted by molar-refractivity contribution is 4.58. The normalized spacial score (nSPS) is 12.0.